The van der Waals surface area contributed by atoms with Gasteiger partial charge in [-0.1, -0.05) is 0 Å². The highest BCUT2D eigenvalue weighted by Gasteiger charge is 2.58. The zero-order valence-electron chi connectivity index (χ0n) is 19.3. The maximum atomic E-state index is 13.9. The number of aromatic nitrogens is 1. The van der Waals surface area contributed by atoms with Crippen LogP contribution in [0.15, 0.2) is 12.3 Å². The Morgan fingerprint density at radius 2 is 2.24 bits per heavy atom. The second-order valence-corrected chi connectivity index (χ2v) is 10.0. The number of alkyl halides is 2. The molecule has 0 bridgehead atoms. The van der Waals surface area contributed by atoms with E-state index in [4.69, 9.17) is 14.2 Å². The van der Waals surface area contributed by atoms with Gasteiger partial charge < -0.3 is 24.4 Å². The highest BCUT2D eigenvalue weighted by Crippen LogP contribution is 2.49. The van der Waals surface area contributed by atoms with Crippen LogP contribution in [0.5, 0.6) is 0 Å². The van der Waals surface area contributed by atoms with Gasteiger partial charge in [-0.3, -0.25) is 9.78 Å². The molecule has 3 fully saturated rings. The lowest BCUT2D eigenvalue weighted by Gasteiger charge is -2.37. The van der Waals surface area contributed by atoms with E-state index in [2.05, 4.69) is 10.3 Å². The minimum absolute atomic E-state index is 0.00347. The van der Waals surface area contributed by atoms with E-state index in [-0.39, 0.29) is 35.8 Å². The van der Waals surface area contributed by atoms with Crippen molar-refractivity contribution in [1.82, 2.24) is 15.2 Å². The van der Waals surface area contributed by atoms with Crippen LogP contribution < -0.4 is 5.32 Å². The fourth-order valence-corrected chi connectivity index (χ4v) is 6.06. The van der Waals surface area contributed by atoms with Crippen LogP contribution in [-0.4, -0.2) is 73.6 Å². The standard InChI is InChI=1S/C24H33F2N3O4/c1-23(25,26)16-9-15-13-29(6-3-18(15)27-12-16)22(30)24-5-8-33-21(24)10-17(11-24)28-19-4-7-32-14-20(19)31-2/h9,12,17,19-21,28H,3-8,10-11,13-14H2,1-2H3/t17-,19-,20-,21-,24-/m1/s1. The van der Waals surface area contributed by atoms with E-state index < -0.39 is 11.3 Å². The van der Waals surface area contributed by atoms with Crippen molar-refractivity contribution in [2.24, 2.45) is 5.41 Å². The van der Waals surface area contributed by atoms with Crippen molar-refractivity contribution in [3.8, 4) is 0 Å². The van der Waals surface area contributed by atoms with E-state index >= 15 is 0 Å². The van der Waals surface area contributed by atoms with Gasteiger partial charge in [0.15, 0.2) is 0 Å². The molecule has 1 aromatic heterocycles. The monoisotopic (exact) mass is 465 g/mol. The molecule has 1 N–H and O–H groups in total. The quantitative estimate of drug-likeness (QED) is 0.720. The fraction of sp³-hybridized carbons (Fsp3) is 0.750. The van der Waals surface area contributed by atoms with E-state index in [0.717, 1.165) is 37.4 Å². The molecule has 1 saturated carbocycles. The SMILES string of the molecule is CO[C@@H]1COCC[C@H]1N[C@@H]1C[C@H]2OCC[C@@]2(C(=O)N2CCc3ncc(C(C)(F)F)cc3C2)C1. The van der Waals surface area contributed by atoms with E-state index in [1.54, 1.807) is 7.11 Å². The number of carbonyl (C=O) groups is 1. The first kappa shape index (κ1) is 23.1. The number of rotatable bonds is 5. The van der Waals surface area contributed by atoms with Crippen LogP contribution in [0.2, 0.25) is 0 Å². The third-order valence-corrected chi connectivity index (χ3v) is 7.91. The topological polar surface area (TPSA) is 72.9 Å². The predicted molar refractivity (Wildman–Crippen MR) is 116 cm³/mol. The lowest BCUT2D eigenvalue weighted by atomic mass is 9.80. The zero-order chi connectivity index (χ0) is 23.2. The fourth-order valence-electron chi connectivity index (χ4n) is 6.06. The number of hydrogen-bond donors (Lipinski definition) is 1. The predicted octanol–water partition coefficient (Wildman–Crippen LogP) is 2.41. The highest BCUT2D eigenvalue weighted by molar-refractivity contribution is 5.84. The van der Waals surface area contributed by atoms with Crippen LogP contribution in [0.3, 0.4) is 0 Å². The van der Waals surface area contributed by atoms with Crippen molar-refractivity contribution in [3.63, 3.8) is 0 Å². The Balaban J connectivity index is 1.31. The van der Waals surface area contributed by atoms with Crippen molar-refractivity contribution in [1.29, 1.82) is 0 Å². The van der Waals surface area contributed by atoms with E-state index in [0.29, 0.717) is 45.8 Å². The van der Waals surface area contributed by atoms with Crippen molar-refractivity contribution >= 4 is 5.91 Å². The first-order valence-corrected chi connectivity index (χ1v) is 11.9. The number of fused-ring (bicyclic) bond motifs is 2. The number of pyridine rings is 1. The molecule has 33 heavy (non-hydrogen) atoms. The summed E-state index contributed by atoms with van der Waals surface area (Å²) < 4.78 is 44.8. The molecule has 9 heteroatoms. The summed E-state index contributed by atoms with van der Waals surface area (Å²) in [6, 6.07) is 1.88. The first-order chi connectivity index (χ1) is 15.8. The third-order valence-electron chi connectivity index (χ3n) is 7.91. The van der Waals surface area contributed by atoms with Gasteiger partial charge in [0.25, 0.3) is 5.92 Å². The Kier molecular flexibility index (Phi) is 6.18. The van der Waals surface area contributed by atoms with Crippen LogP contribution in [0.4, 0.5) is 8.78 Å². The zero-order valence-corrected chi connectivity index (χ0v) is 19.3. The molecule has 0 spiro atoms. The minimum Gasteiger partial charge on any atom is -0.379 e. The Hall–Kier alpha value is -1.68. The molecule has 5 atom stereocenters. The van der Waals surface area contributed by atoms with Crippen molar-refractivity contribution in [2.75, 3.05) is 33.5 Å². The summed E-state index contributed by atoms with van der Waals surface area (Å²) in [4.78, 5) is 19.9. The van der Waals surface area contributed by atoms with Crippen molar-refractivity contribution in [3.05, 3.63) is 29.1 Å². The number of carbonyl (C=O) groups excluding carboxylic acids is 1. The lowest BCUT2D eigenvalue weighted by molar-refractivity contribution is -0.145. The maximum Gasteiger partial charge on any atom is 0.272 e. The molecule has 0 aromatic carbocycles. The highest BCUT2D eigenvalue weighted by atomic mass is 19.3. The van der Waals surface area contributed by atoms with Gasteiger partial charge in [-0.15, -0.1) is 0 Å². The molecule has 1 aromatic rings. The summed E-state index contributed by atoms with van der Waals surface area (Å²) in [5.41, 5.74) is 0.867. The Morgan fingerprint density at radius 1 is 1.39 bits per heavy atom. The molecule has 0 unspecified atom stereocenters. The van der Waals surface area contributed by atoms with Crippen LogP contribution >= 0.6 is 0 Å². The van der Waals surface area contributed by atoms with Crippen LogP contribution in [0.25, 0.3) is 0 Å². The smallest absolute Gasteiger partial charge is 0.272 e. The molecule has 2 saturated heterocycles. The van der Waals surface area contributed by atoms with Crippen LogP contribution in [-0.2, 0) is 37.9 Å². The van der Waals surface area contributed by atoms with Gasteiger partial charge in [0.05, 0.1) is 24.2 Å². The molecule has 4 aliphatic rings. The molecule has 1 aliphatic carbocycles. The summed E-state index contributed by atoms with van der Waals surface area (Å²) in [5, 5.41) is 3.72. The number of methoxy groups -OCH3 is 1. The summed E-state index contributed by atoms with van der Waals surface area (Å²) >= 11 is 0. The molecule has 4 heterocycles. The summed E-state index contributed by atoms with van der Waals surface area (Å²) in [7, 11) is 1.70. The summed E-state index contributed by atoms with van der Waals surface area (Å²) in [5.74, 6) is -2.87. The van der Waals surface area contributed by atoms with Gasteiger partial charge in [0.1, 0.15) is 0 Å². The Morgan fingerprint density at radius 3 is 3.03 bits per heavy atom. The van der Waals surface area contributed by atoms with Gasteiger partial charge >= 0.3 is 0 Å². The van der Waals surface area contributed by atoms with Gasteiger partial charge in [-0.2, -0.15) is 0 Å². The normalized spacial score (nSPS) is 34.2. The number of halogens is 2. The number of nitrogens with one attached hydrogen (secondary N) is 1. The molecule has 182 valence electrons. The Bertz CT molecular complexity index is 895. The molecular formula is C24H33F2N3O4. The molecule has 5 rings (SSSR count). The number of hydrogen-bond acceptors (Lipinski definition) is 6. The van der Waals surface area contributed by atoms with Crippen LogP contribution in [0.1, 0.15) is 49.4 Å². The lowest BCUT2D eigenvalue weighted by Crippen LogP contribution is -2.51. The molecule has 7 nitrogen and oxygen atoms in total. The Labute approximate surface area is 193 Å². The first-order valence-electron chi connectivity index (χ1n) is 11.9. The largest absolute Gasteiger partial charge is 0.379 e. The van der Waals surface area contributed by atoms with E-state index in [1.165, 1.54) is 12.3 Å². The molecule has 3 aliphatic heterocycles. The minimum atomic E-state index is -2.95. The van der Waals surface area contributed by atoms with Gasteiger partial charge in [-0.25, -0.2) is 8.78 Å². The maximum absolute atomic E-state index is 13.9. The molecular weight excluding hydrogens is 432 g/mol. The molecule has 1 amide bonds. The van der Waals surface area contributed by atoms with Crippen molar-refractivity contribution < 1.29 is 27.8 Å². The van der Waals surface area contributed by atoms with Crippen molar-refractivity contribution in [2.45, 2.75) is 75.8 Å². The van der Waals surface area contributed by atoms with Gasteiger partial charge in [-0.05, 0) is 37.3 Å². The average molecular weight is 466 g/mol. The van der Waals surface area contributed by atoms with E-state index in [9.17, 15) is 13.6 Å². The number of nitrogens with zero attached hydrogens (tertiary/aromatic N) is 2. The second kappa shape index (κ2) is 8.83. The summed E-state index contributed by atoms with van der Waals surface area (Å²) in [6.07, 6.45) is 4.81. The second-order valence-electron chi connectivity index (χ2n) is 10.0. The van der Waals surface area contributed by atoms with Gasteiger partial charge in [0.2, 0.25) is 5.91 Å². The average Bonchev–Trinajstić information content (AvgIpc) is 3.35. The van der Waals surface area contributed by atoms with Crippen LogP contribution in [0, 0.1) is 5.41 Å². The number of amides is 1. The van der Waals surface area contributed by atoms with E-state index in [1.807, 2.05) is 4.90 Å². The third kappa shape index (κ3) is 4.29. The number of ether oxygens (including phenoxy) is 3. The summed E-state index contributed by atoms with van der Waals surface area (Å²) in [6.45, 7) is 3.61. The molecule has 0 radical (unpaired) electrons. The van der Waals surface area contributed by atoms with Gasteiger partial charge in [0, 0.05) is 76.3 Å².